The summed E-state index contributed by atoms with van der Waals surface area (Å²) in [7, 11) is 0. The molecule has 1 atom stereocenters. The highest BCUT2D eigenvalue weighted by Crippen LogP contribution is 2.29. The number of hydrogen-bond donors (Lipinski definition) is 0. The Morgan fingerprint density at radius 1 is 1.14 bits per heavy atom. The van der Waals surface area contributed by atoms with E-state index < -0.39 is 16.9 Å². The van der Waals surface area contributed by atoms with Gasteiger partial charge in [-0.3, -0.25) is 9.00 Å². The maximum Gasteiger partial charge on any atom is 0.275 e. The van der Waals surface area contributed by atoms with Crippen molar-refractivity contribution in [1.82, 2.24) is 9.78 Å². The number of benzene rings is 2. The Bertz CT molecular complexity index is 1090. The molecule has 0 fully saturated rings. The molecule has 0 radical (unpaired) electrons. The molecule has 0 aliphatic heterocycles. The zero-order valence-electron chi connectivity index (χ0n) is 15.2. The molecule has 0 saturated carbocycles. The van der Waals surface area contributed by atoms with Gasteiger partial charge in [-0.05, 0) is 35.7 Å². The van der Waals surface area contributed by atoms with Crippen LogP contribution in [0.15, 0.2) is 71.7 Å². The molecule has 1 aromatic heterocycles. The molecule has 5 nitrogen and oxygen atoms in total. The average molecular weight is 397 g/mol. The van der Waals surface area contributed by atoms with E-state index in [2.05, 4.69) is 11.7 Å². The van der Waals surface area contributed by atoms with Crippen molar-refractivity contribution in [1.29, 1.82) is 0 Å². The summed E-state index contributed by atoms with van der Waals surface area (Å²) in [5.41, 5.74) is 3.39. The van der Waals surface area contributed by atoms with E-state index in [0.717, 1.165) is 5.57 Å². The minimum absolute atomic E-state index is 0.0798. The van der Waals surface area contributed by atoms with Gasteiger partial charge in [-0.25, -0.2) is 9.07 Å². The first-order valence-electron chi connectivity index (χ1n) is 8.51. The topological polar surface area (TPSA) is 75.0 Å². The Labute approximate surface area is 164 Å². The molecule has 1 unspecified atom stereocenters. The monoisotopic (exact) mass is 397 g/mol. The Kier molecular flexibility index (Phi) is 5.96. The van der Waals surface area contributed by atoms with Gasteiger partial charge in [0.1, 0.15) is 5.82 Å². The lowest BCUT2D eigenvalue weighted by Crippen LogP contribution is -2.25. The quantitative estimate of drug-likeness (QED) is 0.470. The fraction of sp³-hybridized carbons (Fsp3) is 0.143. The summed E-state index contributed by atoms with van der Waals surface area (Å²) in [6.07, 6.45) is 1.59. The minimum Gasteiger partial charge on any atom is -0.772 e. The molecule has 28 heavy (non-hydrogen) atoms. The van der Waals surface area contributed by atoms with E-state index in [1.807, 2.05) is 0 Å². The van der Waals surface area contributed by atoms with Crippen LogP contribution in [0.25, 0.3) is 22.3 Å². The highest BCUT2D eigenvalue weighted by molar-refractivity contribution is 7.78. The molecule has 0 aliphatic rings. The fourth-order valence-corrected chi connectivity index (χ4v) is 3.35. The van der Waals surface area contributed by atoms with E-state index in [4.69, 9.17) is 0 Å². The predicted octanol–water partition coefficient (Wildman–Crippen LogP) is 3.67. The summed E-state index contributed by atoms with van der Waals surface area (Å²) in [5, 5.41) is 4.24. The van der Waals surface area contributed by atoms with Gasteiger partial charge in [0.05, 0.1) is 18.3 Å². The van der Waals surface area contributed by atoms with E-state index >= 15 is 0 Å². The zero-order chi connectivity index (χ0) is 20.3. The van der Waals surface area contributed by atoms with E-state index in [1.54, 1.807) is 49.5 Å². The highest BCUT2D eigenvalue weighted by Gasteiger charge is 2.15. The molecular formula is C21H18FN2O3S-. The van der Waals surface area contributed by atoms with Crippen molar-refractivity contribution in [3.8, 4) is 22.3 Å². The SMILES string of the molecule is C=C(C)Cn1ncc(-c2ccc(CS(=O)[O-])cc2)c(-c2ccc(F)cc2)c1=O. The number of hydrogen-bond acceptors (Lipinski definition) is 4. The Hall–Kier alpha value is -2.90. The average Bonchev–Trinajstić information content (AvgIpc) is 2.64. The molecule has 7 heteroatoms. The second-order valence-electron chi connectivity index (χ2n) is 6.51. The molecular weight excluding hydrogens is 379 g/mol. The lowest BCUT2D eigenvalue weighted by atomic mass is 9.96. The van der Waals surface area contributed by atoms with E-state index in [9.17, 15) is 17.9 Å². The largest absolute Gasteiger partial charge is 0.772 e. The molecule has 0 saturated heterocycles. The maximum atomic E-state index is 13.4. The Morgan fingerprint density at radius 3 is 2.32 bits per heavy atom. The number of aromatic nitrogens is 2. The van der Waals surface area contributed by atoms with Crippen molar-refractivity contribution in [2.75, 3.05) is 0 Å². The molecule has 2 aromatic carbocycles. The van der Waals surface area contributed by atoms with Gasteiger partial charge in [-0.15, -0.1) is 0 Å². The van der Waals surface area contributed by atoms with Crippen molar-refractivity contribution in [3.05, 3.63) is 88.6 Å². The highest BCUT2D eigenvalue weighted by atomic mass is 32.2. The molecule has 1 heterocycles. The third-order valence-electron chi connectivity index (χ3n) is 4.15. The molecule has 0 aliphatic carbocycles. The summed E-state index contributed by atoms with van der Waals surface area (Å²) in [5.74, 6) is -0.472. The second kappa shape index (κ2) is 8.41. The molecule has 3 aromatic rings. The van der Waals surface area contributed by atoms with Crippen molar-refractivity contribution in [2.24, 2.45) is 0 Å². The van der Waals surface area contributed by atoms with Gasteiger partial charge in [0.25, 0.3) is 5.56 Å². The van der Waals surface area contributed by atoms with Crippen LogP contribution in [-0.2, 0) is 23.4 Å². The Balaban J connectivity index is 2.16. The number of nitrogens with zero attached hydrogens (tertiary/aromatic N) is 2. The van der Waals surface area contributed by atoms with Gasteiger partial charge in [-0.1, -0.05) is 59.6 Å². The van der Waals surface area contributed by atoms with Crippen LogP contribution in [0.2, 0.25) is 0 Å². The molecule has 0 N–H and O–H groups in total. The first-order valence-corrected chi connectivity index (χ1v) is 9.75. The lowest BCUT2D eigenvalue weighted by Gasteiger charge is -2.13. The van der Waals surface area contributed by atoms with E-state index in [1.165, 1.54) is 16.8 Å². The van der Waals surface area contributed by atoms with Gasteiger partial charge in [0.2, 0.25) is 0 Å². The third-order valence-corrected chi connectivity index (χ3v) is 4.71. The van der Waals surface area contributed by atoms with Crippen LogP contribution in [0.5, 0.6) is 0 Å². The fourth-order valence-electron chi connectivity index (χ4n) is 2.89. The van der Waals surface area contributed by atoms with Crippen LogP contribution in [-0.4, -0.2) is 18.5 Å². The van der Waals surface area contributed by atoms with E-state index in [0.29, 0.717) is 27.8 Å². The van der Waals surface area contributed by atoms with Gasteiger partial charge >= 0.3 is 0 Å². The smallest absolute Gasteiger partial charge is 0.275 e. The Morgan fingerprint density at radius 2 is 1.75 bits per heavy atom. The van der Waals surface area contributed by atoms with Gasteiger partial charge in [0.15, 0.2) is 0 Å². The minimum atomic E-state index is -2.18. The van der Waals surface area contributed by atoms with Crippen molar-refractivity contribution in [2.45, 2.75) is 19.2 Å². The number of allylic oxidation sites excluding steroid dienone is 1. The van der Waals surface area contributed by atoms with Crippen LogP contribution in [0.4, 0.5) is 4.39 Å². The predicted molar refractivity (Wildman–Crippen MR) is 107 cm³/mol. The normalized spacial score (nSPS) is 12.0. The maximum absolute atomic E-state index is 13.4. The molecule has 0 bridgehead atoms. The summed E-state index contributed by atoms with van der Waals surface area (Å²) in [6, 6.07) is 12.6. The first kappa shape index (κ1) is 19.9. The zero-order valence-corrected chi connectivity index (χ0v) is 16.0. The van der Waals surface area contributed by atoms with Crippen LogP contribution < -0.4 is 5.56 Å². The molecule has 144 valence electrons. The van der Waals surface area contributed by atoms with Gasteiger partial charge in [-0.2, -0.15) is 5.10 Å². The standard InChI is InChI=1S/C21H19FN2O3S/c1-14(2)12-24-21(25)20(17-7-9-18(22)10-8-17)19(11-23-24)16-5-3-15(4-6-16)13-28(26)27/h3-11H,1,12-13H2,2H3,(H,26,27)/p-1. The second-order valence-corrected chi connectivity index (χ2v) is 7.40. The summed E-state index contributed by atoms with van der Waals surface area (Å²) < 4.78 is 36.4. The van der Waals surface area contributed by atoms with Gasteiger partial charge < -0.3 is 4.55 Å². The first-order chi connectivity index (χ1) is 13.3. The van der Waals surface area contributed by atoms with Crippen molar-refractivity contribution < 1.29 is 13.2 Å². The number of halogens is 1. The number of rotatable bonds is 6. The van der Waals surface area contributed by atoms with Crippen LogP contribution in [0, 0.1) is 5.82 Å². The van der Waals surface area contributed by atoms with Crippen LogP contribution >= 0.6 is 0 Å². The van der Waals surface area contributed by atoms with Crippen LogP contribution in [0.1, 0.15) is 12.5 Å². The van der Waals surface area contributed by atoms with E-state index in [-0.39, 0.29) is 17.9 Å². The summed E-state index contributed by atoms with van der Waals surface area (Å²) >= 11 is -2.18. The lowest BCUT2D eigenvalue weighted by molar-refractivity contribution is 0.536. The van der Waals surface area contributed by atoms with Gasteiger partial charge in [0, 0.05) is 11.3 Å². The molecule has 0 spiro atoms. The summed E-state index contributed by atoms with van der Waals surface area (Å²) in [6.45, 7) is 5.90. The van der Waals surface area contributed by atoms with Crippen molar-refractivity contribution >= 4 is 11.1 Å². The molecule has 0 amide bonds. The molecule has 3 rings (SSSR count). The van der Waals surface area contributed by atoms with Crippen LogP contribution in [0.3, 0.4) is 0 Å². The summed E-state index contributed by atoms with van der Waals surface area (Å²) in [4.78, 5) is 13.1. The van der Waals surface area contributed by atoms with Crippen molar-refractivity contribution in [3.63, 3.8) is 0 Å². The third kappa shape index (κ3) is 4.49.